The number of benzene rings is 6. The molecule has 1 aliphatic rings. The maximum atomic E-state index is 14.5. The van der Waals surface area contributed by atoms with Crippen molar-refractivity contribution in [3.05, 3.63) is 180 Å². The van der Waals surface area contributed by atoms with Crippen LogP contribution in [0, 0.1) is 0 Å². The third-order valence-corrected chi connectivity index (χ3v) is 12.0. The van der Waals surface area contributed by atoms with Gasteiger partial charge in [0.15, 0.2) is 0 Å². The molecule has 0 bridgehead atoms. The molecule has 1 heterocycles. The molecule has 1 saturated heterocycles. The number of carbonyl (C=O) groups excluding carboxylic acids is 1. The van der Waals surface area contributed by atoms with Crippen molar-refractivity contribution >= 4 is 32.6 Å². The molecular formula is C45H45N3O4S. The van der Waals surface area contributed by atoms with Crippen molar-refractivity contribution < 1.29 is 17.9 Å². The molecule has 270 valence electrons. The van der Waals surface area contributed by atoms with Crippen LogP contribution in [-0.2, 0) is 34.3 Å². The van der Waals surface area contributed by atoms with Gasteiger partial charge in [0, 0.05) is 43.6 Å². The predicted octanol–water partition coefficient (Wildman–Crippen LogP) is 8.95. The summed E-state index contributed by atoms with van der Waals surface area (Å²) < 4.78 is 36.8. The molecule has 0 aromatic heterocycles. The zero-order valence-electron chi connectivity index (χ0n) is 29.8. The van der Waals surface area contributed by atoms with Crippen LogP contribution in [0.3, 0.4) is 0 Å². The number of ether oxygens (including phenoxy) is 1. The summed E-state index contributed by atoms with van der Waals surface area (Å²) in [4.78, 5) is 18.2. The lowest BCUT2D eigenvalue weighted by atomic mass is 10.0. The van der Waals surface area contributed by atoms with E-state index in [-0.39, 0.29) is 29.7 Å². The van der Waals surface area contributed by atoms with Crippen molar-refractivity contribution in [2.45, 2.75) is 49.3 Å². The van der Waals surface area contributed by atoms with Crippen LogP contribution in [0.15, 0.2) is 169 Å². The number of carbonyl (C=O) groups is 1. The lowest BCUT2D eigenvalue weighted by molar-refractivity contribution is 0.0540. The van der Waals surface area contributed by atoms with Crippen LogP contribution in [0.1, 0.15) is 29.5 Å². The molecule has 0 radical (unpaired) electrons. The molecule has 1 atom stereocenters. The SMILES string of the molecule is O=C(OCC(Cc1ccccc1)N(Cc1ccccc1)Cc1ccccc1)N1CCC(N(c2ccccc2)S(=O)(=O)c2cccc3ccccc23)CC1. The van der Waals surface area contributed by atoms with Gasteiger partial charge in [-0.15, -0.1) is 0 Å². The number of likely N-dealkylation sites (tertiary alicyclic amines) is 1. The second kappa shape index (κ2) is 16.9. The van der Waals surface area contributed by atoms with E-state index in [1.807, 2.05) is 91.0 Å². The number of hydrogen-bond donors (Lipinski definition) is 0. The Bertz CT molecular complexity index is 2130. The molecule has 6 aromatic carbocycles. The first kappa shape index (κ1) is 35.9. The van der Waals surface area contributed by atoms with Crippen molar-refractivity contribution in [1.29, 1.82) is 0 Å². The van der Waals surface area contributed by atoms with E-state index in [4.69, 9.17) is 4.74 Å². The average Bonchev–Trinajstić information content (AvgIpc) is 3.21. The summed E-state index contributed by atoms with van der Waals surface area (Å²) in [5, 5.41) is 1.56. The normalized spacial score (nSPS) is 14.2. The standard InChI is InChI=1S/C45H45N3O4S/c49-45(52-35-42(32-36-16-5-1-6-17-36)47(33-37-18-7-2-8-19-37)34-38-20-9-3-10-21-38)46-30-28-41(29-31-46)48(40-24-11-4-12-25-40)53(50,51)44-27-15-23-39-22-13-14-26-43(39)44/h1-27,41-42H,28-35H2. The minimum absolute atomic E-state index is 0.0845. The van der Waals surface area contributed by atoms with Gasteiger partial charge in [-0.1, -0.05) is 146 Å². The van der Waals surface area contributed by atoms with E-state index in [9.17, 15) is 13.2 Å². The quantitative estimate of drug-likeness (QED) is 0.119. The Kier molecular flexibility index (Phi) is 11.5. The largest absolute Gasteiger partial charge is 0.448 e. The van der Waals surface area contributed by atoms with E-state index in [1.54, 1.807) is 21.3 Å². The summed E-state index contributed by atoms with van der Waals surface area (Å²) >= 11 is 0. The molecule has 1 unspecified atom stereocenters. The number of anilines is 1. The van der Waals surface area contributed by atoms with Crippen molar-refractivity contribution in [3.63, 3.8) is 0 Å². The lowest BCUT2D eigenvalue weighted by Gasteiger charge is -2.39. The second-order valence-corrected chi connectivity index (χ2v) is 15.4. The number of hydrogen-bond acceptors (Lipinski definition) is 5. The zero-order valence-corrected chi connectivity index (χ0v) is 30.6. The molecule has 53 heavy (non-hydrogen) atoms. The maximum absolute atomic E-state index is 14.5. The van der Waals surface area contributed by atoms with E-state index in [1.165, 1.54) is 16.7 Å². The monoisotopic (exact) mass is 723 g/mol. The van der Waals surface area contributed by atoms with Gasteiger partial charge in [0.25, 0.3) is 10.0 Å². The van der Waals surface area contributed by atoms with Crippen molar-refractivity contribution in [2.75, 3.05) is 24.0 Å². The van der Waals surface area contributed by atoms with Crippen molar-refractivity contribution in [2.24, 2.45) is 0 Å². The smallest absolute Gasteiger partial charge is 0.409 e. The van der Waals surface area contributed by atoms with Gasteiger partial charge in [-0.05, 0) is 59.5 Å². The van der Waals surface area contributed by atoms with Crippen LogP contribution in [0.4, 0.5) is 10.5 Å². The Labute approximate surface area is 313 Å². The minimum atomic E-state index is -3.94. The van der Waals surface area contributed by atoms with Gasteiger partial charge in [0.05, 0.1) is 10.6 Å². The third-order valence-electron chi connectivity index (χ3n) is 10.0. The van der Waals surface area contributed by atoms with Gasteiger partial charge in [-0.3, -0.25) is 9.21 Å². The first-order valence-electron chi connectivity index (χ1n) is 18.3. The van der Waals surface area contributed by atoms with Crippen LogP contribution in [-0.4, -0.2) is 56.1 Å². The summed E-state index contributed by atoms with van der Waals surface area (Å²) in [6.07, 6.45) is 1.31. The highest BCUT2D eigenvalue weighted by Gasteiger charge is 2.36. The van der Waals surface area contributed by atoms with Gasteiger partial charge >= 0.3 is 6.09 Å². The van der Waals surface area contributed by atoms with Gasteiger partial charge in [-0.25, -0.2) is 13.2 Å². The predicted molar refractivity (Wildman–Crippen MR) is 212 cm³/mol. The van der Waals surface area contributed by atoms with Crippen LogP contribution in [0.2, 0.25) is 0 Å². The summed E-state index contributed by atoms with van der Waals surface area (Å²) in [6, 6.07) is 53.0. The van der Waals surface area contributed by atoms with E-state index in [0.717, 1.165) is 5.39 Å². The highest BCUT2D eigenvalue weighted by atomic mass is 32.2. The Morgan fingerprint density at radius 2 is 1.15 bits per heavy atom. The molecule has 7 rings (SSSR count). The summed E-state index contributed by atoms with van der Waals surface area (Å²) in [5.41, 5.74) is 4.17. The Hall–Kier alpha value is -5.44. The van der Waals surface area contributed by atoms with Gasteiger partial charge < -0.3 is 9.64 Å². The summed E-state index contributed by atoms with van der Waals surface area (Å²) in [6.45, 7) is 2.41. The number of piperidine rings is 1. The van der Waals surface area contributed by atoms with Gasteiger partial charge in [0.1, 0.15) is 6.61 Å². The molecule has 7 nitrogen and oxygen atoms in total. The third kappa shape index (κ3) is 8.79. The Morgan fingerprint density at radius 3 is 1.75 bits per heavy atom. The van der Waals surface area contributed by atoms with Gasteiger partial charge in [0.2, 0.25) is 0 Å². The number of fused-ring (bicyclic) bond motifs is 1. The van der Waals surface area contributed by atoms with E-state index < -0.39 is 10.0 Å². The molecule has 8 heteroatoms. The fraction of sp³-hybridized carbons (Fsp3) is 0.222. The topological polar surface area (TPSA) is 70.2 Å². The van der Waals surface area contributed by atoms with Crippen LogP contribution in [0.25, 0.3) is 10.8 Å². The molecular weight excluding hydrogens is 679 g/mol. The summed E-state index contributed by atoms with van der Waals surface area (Å²) in [5.74, 6) is 0. The Balaban J connectivity index is 1.08. The van der Waals surface area contributed by atoms with Crippen molar-refractivity contribution in [1.82, 2.24) is 9.80 Å². The fourth-order valence-corrected chi connectivity index (χ4v) is 9.25. The molecule has 0 N–H and O–H groups in total. The minimum Gasteiger partial charge on any atom is -0.448 e. The maximum Gasteiger partial charge on any atom is 0.409 e. The molecule has 0 saturated carbocycles. The second-order valence-electron chi connectivity index (χ2n) is 13.6. The number of amides is 1. The lowest BCUT2D eigenvalue weighted by Crippen LogP contribution is -2.49. The van der Waals surface area contributed by atoms with Crippen LogP contribution < -0.4 is 4.31 Å². The highest BCUT2D eigenvalue weighted by Crippen LogP contribution is 2.33. The van der Waals surface area contributed by atoms with E-state index in [2.05, 4.69) is 65.6 Å². The average molecular weight is 724 g/mol. The molecule has 1 fully saturated rings. The molecule has 1 amide bonds. The van der Waals surface area contributed by atoms with Gasteiger partial charge in [-0.2, -0.15) is 0 Å². The zero-order chi connectivity index (χ0) is 36.5. The van der Waals surface area contributed by atoms with E-state index >= 15 is 0 Å². The van der Waals surface area contributed by atoms with Crippen molar-refractivity contribution in [3.8, 4) is 0 Å². The Morgan fingerprint density at radius 1 is 0.642 bits per heavy atom. The first-order chi connectivity index (χ1) is 26.0. The first-order valence-corrected chi connectivity index (χ1v) is 19.7. The summed E-state index contributed by atoms with van der Waals surface area (Å²) in [7, 11) is -3.94. The molecule has 1 aliphatic heterocycles. The fourth-order valence-electron chi connectivity index (χ4n) is 7.32. The van der Waals surface area contributed by atoms with E-state index in [0.29, 0.717) is 56.5 Å². The molecule has 0 aliphatic carbocycles. The molecule has 6 aromatic rings. The number of rotatable bonds is 13. The number of nitrogens with zero attached hydrogens (tertiary/aromatic N) is 3. The van der Waals surface area contributed by atoms with Crippen LogP contribution >= 0.6 is 0 Å². The van der Waals surface area contributed by atoms with Crippen LogP contribution in [0.5, 0.6) is 0 Å². The highest BCUT2D eigenvalue weighted by molar-refractivity contribution is 7.93. The number of para-hydroxylation sites is 1. The molecule has 0 spiro atoms. The number of sulfonamides is 1.